The van der Waals surface area contributed by atoms with Gasteiger partial charge in [-0.15, -0.1) is 0 Å². The zero-order valence-electron chi connectivity index (χ0n) is 7.82. The van der Waals surface area contributed by atoms with Gasteiger partial charge in [0.15, 0.2) is 5.16 Å². The van der Waals surface area contributed by atoms with Crippen LogP contribution in [0.3, 0.4) is 0 Å². The molecule has 0 radical (unpaired) electrons. The van der Waals surface area contributed by atoms with Crippen LogP contribution in [0.1, 0.15) is 12.5 Å². The summed E-state index contributed by atoms with van der Waals surface area (Å²) in [7, 11) is 0. The van der Waals surface area contributed by atoms with E-state index >= 15 is 0 Å². The Kier molecular flexibility index (Phi) is 3.48. The summed E-state index contributed by atoms with van der Waals surface area (Å²) < 4.78 is 0. The quantitative estimate of drug-likeness (QED) is 0.462. The summed E-state index contributed by atoms with van der Waals surface area (Å²) in [6, 6.07) is 1.91. The first kappa shape index (κ1) is 10.5. The summed E-state index contributed by atoms with van der Waals surface area (Å²) in [6.07, 6.45) is 1.43. The molecule has 0 spiro atoms. The third-order valence-corrected chi connectivity index (χ3v) is 2.46. The molecule has 0 aliphatic rings. The van der Waals surface area contributed by atoms with Gasteiger partial charge < -0.3 is 5.73 Å². The second-order valence-electron chi connectivity index (χ2n) is 2.81. The average molecular weight is 206 g/mol. The molecule has 4 nitrogen and oxygen atoms in total. The molecule has 0 atom stereocenters. The average Bonchev–Trinajstić information content (AvgIpc) is 2.15. The topological polar surface area (TPSA) is 75.6 Å². The van der Waals surface area contributed by atoms with Crippen LogP contribution >= 0.6 is 11.8 Å². The van der Waals surface area contributed by atoms with Crippen LogP contribution in [0.4, 0.5) is 5.82 Å². The molecule has 2 N–H and O–H groups in total. The lowest BCUT2D eigenvalue weighted by Crippen LogP contribution is -1.98. The molecule has 1 aromatic rings. The van der Waals surface area contributed by atoms with Crippen LogP contribution in [0.2, 0.25) is 0 Å². The van der Waals surface area contributed by atoms with Crippen LogP contribution in [0, 0.1) is 11.3 Å². The zero-order chi connectivity index (χ0) is 10.6. The Balaban J connectivity index is 2.77. The predicted octanol–water partition coefficient (Wildman–Crippen LogP) is 1.60. The third kappa shape index (κ3) is 2.75. The van der Waals surface area contributed by atoms with E-state index in [-0.39, 0.29) is 5.82 Å². The molecule has 0 bridgehead atoms. The molecule has 0 fully saturated rings. The van der Waals surface area contributed by atoms with Gasteiger partial charge in [-0.2, -0.15) is 5.26 Å². The Morgan fingerprint density at radius 2 is 2.50 bits per heavy atom. The Hall–Kier alpha value is -1.54. The van der Waals surface area contributed by atoms with Crippen LogP contribution in [0.25, 0.3) is 0 Å². The third-order valence-electron chi connectivity index (χ3n) is 1.36. The summed E-state index contributed by atoms with van der Waals surface area (Å²) in [6.45, 7) is 5.70. The van der Waals surface area contributed by atoms with Crippen LogP contribution in [0.5, 0.6) is 0 Å². The fraction of sp³-hybridized carbons (Fsp3) is 0.222. The molecule has 0 saturated heterocycles. The molecular weight excluding hydrogens is 196 g/mol. The molecule has 0 aromatic carbocycles. The van der Waals surface area contributed by atoms with E-state index in [0.29, 0.717) is 10.7 Å². The minimum absolute atomic E-state index is 0.228. The van der Waals surface area contributed by atoms with Crippen molar-refractivity contribution in [3.8, 4) is 6.07 Å². The summed E-state index contributed by atoms with van der Waals surface area (Å²) >= 11 is 1.45. The summed E-state index contributed by atoms with van der Waals surface area (Å²) in [5, 5.41) is 9.17. The molecular formula is C9H10N4S. The summed E-state index contributed by atoms with van der Waals surface area (Å²) in [5.74, 6) is 0.984. The van der Waals surface area contributed by atoms with E-state index in [2.05, 4.69) is 16.5 Å². The van der Waals surface area contributed by atoms with Crippen LogP contribution < -0.4 is 5.73 Å². The van der Waals surface area contributed by atoms with Crippen molar-refractivity contribution in [2.75, 3.05) is 11.5 Å². The minimum Gasteiger partial charge on any atom is -0.382 e. The highest BCUT2D eigenvalue weighted by Crippen LogP contribution is 2.17. The van der Waals surface area contributed by atoms with Crippen molar-refractivity contribution < 1.29 is 0 Å². The lowest BCUT2D eigenvalue weighted by molar-refractivity contribution is 0.970. The normalized spacial score (nSPS) is 9.43. The smallest absolute Gasteiger partial charge is 0.189 e. The largest absolute Gasteiger partial charge is 0.382 e. The first-order valence-corrected chi connectivity index (χ1v) is 4.92. The van der Waals surface area contributed by atoms with Gasteiger partial charge in [0.05, 0.1) is 6.20 Å². The van der Waals surface area contributed by atoms with Gasteiger partial charge in [-0.25, -0.2) is 9.97 Å². The molecule has 0 saturated carbocycles. The number of aromatic nitrogens is 2. The number of nitrogens with zero attached hydrogens (tertiary/aromatic N) is 3. The van der Waals surface area contributed by atoms with E-state index in [9.17, 15) is 0 Å². The van der Waals surface area contributed by atoms with Crippen LogP contribution in [0.15, 0.2) is 23.5 Å². The van der Waals surface area contributed by atoms with Crippen molar-refractivity contribution in [3.63, 3.8) is 0 Å². The van der Waals surface area contributed by atoms with Gasteiger partial charge in [-0.1, -0.05) is 23.9 Å². The maximum Gasteiger partial charge on any atom is 0.189 e. The Morgan fingerprint density at radius 3 is 3.00 bits per heavy atom. The molecule has 0 amide bonds. The lowest BCUT2D eigenvalue weighted by Gasteiger charge is -2.00. The number of nitrogens with two attached hydrogens (primary N) is 1. The second kappa shape index (κ2) is 4.63. The van der Waals surface area contributed by atoms with Crippen molar-refractivity contribution in [2.45, 2.75) is 12.1 Å². The molecule has 14 heavy (non-hydrogen) atoms. The van der Waals surface area contributed by atoms with E-state index in [1.54, 1.807) is 0 Å². The number of nitriles is 1. The fourth-order valence-corrected chi connectivity index (χ4v) is 1.39. The SMILES string of the molecule is C=C(C)CSc1ncc(C#N)c(N)n1. The summed E-state index contributed by atoms with van der Waals surface area (Å²) in [4.78, 5) is 7.97. The van der Waals surface area contributed by atoms with Crippen LogP contribution in [-0.2, 0) is 0 Å². The number of rotatable bonds is 3. The number of anilines is 1. The monoisotopic (exact) mass is 206 g/mol. The van der Waals surface area contributed by atoms with Gasteiger partial charge in [-0.3, -0.25) is 0 Å². The van der Waals surface area contributed by atoms with Crippen molar-refractivity contribution in [1.29, 1.82) is 5.26 Å². The van der Waals surface area contributed by atoms with Crippen molar-refractivity contribution in [2.24, 2.45) is 0 Å². The van der Waals surface area contributed by atoms with Gasteiger partial charge in [0.2, 0.25) is 0 Å². The van der Waals surface area contributed by atoms with E-state index in [0.717, 1.165) is 11.3 Å². The van der Waals surface area contributed by atoms with Gasteiger partial charge in [0.1, 0.15) is 17.5 Å². The van der Waals surface area contributed by atoms with E-state index < -0.39 is 0 Å². The first-order chi connectivity index (χ1) is 6.63. The minimum atomic E-state index is 0.228. The van der Waals surface area contributed by atoms with E-state index in [1.807, 2.05) is 13.0 Å². The highest BCUT2D eigenvalue weighted by molar-refractivity contribution is 7.99. The molecule has 1 aromatic heterocycles. The molecule has 5 heteroatoms. The van der Waals surface area contributed by atoms with Crippen molar-refractivity contribution in [3.05, 3.63) is 23.9 Å². The maximum absolute atomic E-state index is 8.60. The number of nitrogen functional groups attached to an aromatic ring is 1. The molecule has 1 heterocycles. The number of thioether (sulfide) groups is 1. The highest BCUT2D eigenvalue weighted by Gasteiger charge is 2.03. The first-order valence-electron chi connectivity index (χ1n) is 3.93. The fourth-order valence-electron chi connectivity index (χ4n) is 0.721. The van der Waals surface area contributed by atoms with Crippen molar-refractivity contribution in [1.82, 2.24) is 9.97 Å². The van der Waals surface area contributed by atoms with E-state index in [4.69, 9.17) is 11.0 Å². The molecule has 0 aliphatic carbocycles. The zero-order valence-corrected chi connectivity index (χ0v) is 8.64. The molecule has 1 rings (SSSR count). The summed E-state index contributed by atoms with van der Waals surface area (Å²) in [5.41, 5.74) is 6.88. The molecule has 0 aliphatic heterocycles. The van der Waals surface area contributed by atoms with E-state index in [1.165, 1.54) is 18.0 Å². The second-order valence-corrected chi connectivity index (χ2v) is 3.75. The number of hydrogen-bond acceptors (Lipinski definition) is 5. The molecule has 0 unspecified atom stereocenters. The Morgan fingerprint density at radius 1 is 1.79 bits per heavy atom. The predicted molar refractivity (Wildman–Crippen MR) is 56.7 cm³/mol. The molecule has 72 valence electrons. The van der Waals surface area contributed by atoms with Gasteiger partial charge >= 0.3 is 0 Å². The Labute approximate surface area is 86.9 Å². The van der Waals surface area contributed by atoms with Crippen molar-refractivity contribution >= 4 is 17.6 Å². The lowest BCUT2D eigenvalue weighted by atomic mass is 10.3. The maximum atomic E-state index is 8.60. The number of hydrogen-bond donors (Lipinski definition) is 1. The van der Waals surface area contributed by atoms with Gasteiger partial charge in [0, 0.05) is 5.75 Å². The standard InChI is InChI=1S/C9H10N4S/c1-6(2)5-14-9-12-4-7(3-10)8(11)13-9/h4H,1,5H2,2H3,(H2,11,12,13). The van der Waals surface area contributed by atoms with Gasteiger partial charge in [0.25, 0.3) is 0 Å². The Bertz CT molecular complexity index is 394. The van der Waals surface area contributed by atoms with Crippen LogP contribution in [-0.4, -0.2) is 15.7 Å². The van der Waals surface area contributed by atoms with Gasteiger partial charge in [-0.05, 0) is 6.92 Å². The highest BCUT2D eigenvalue weighted by atomic mass is 32.2.